The van der Waals surface area contributed by atoms with Crippen LogP contribution in [0.4, 0.5) is 8.78 Å². The third-order valence-corrected chi connectivity index (χ3v) is 15.0. The van der Waals surface area contributed by atoms with E-state index >= 15 is 0 Å². The van der Waals surface area contributed by atoms with E-state index in [1.54, 1.807) is 48.8 Å². The fourth-order valence-corrected chi connectivity index (χ4v) is 10.6. The first-order valence-electron chi connectivity index (χ1n) is 25.2. The lowest BCUT2D eigenvalue weighted by Crippen LogP contribution is -2.23. The van der Waals surface area contributed by atoms with Gasteiger partial charge < -0.3 is 14.8 Å². The third-order valence-electron chi connectivity index (χ3n) is 12.7. The molecule has 2 saturated carbocycles. The maximum Gasteiger partial charge on any atom is 0.166 e. The number of benzene rings is 2. The quantitative estimate of drug-likeness (QED) is 0.0620. The van der Waals surface area contributed by atoms with Crippen molar-refractivity contribution in [2.75, 3.05) is 19.6 Å². The van der Waals surface area contributed by atoms with Gasteiger partial charge in [0, 0.05) is 75.7 Å². The van der Waals surface area contributed by atoms with Crippen LogP contribution in [0.2, 0.25) is 0 Å². The first kappa shape index (κ1) is 50.6. The summed E-state index contributed by atoms with van der Waals surface area (Å²) in [5.74, 6) is 1.83. The normalized spacial score (nSPS) is 13.4. The van der Waals surface area contributed by atoms with Gasteiger partial charge in [0.1, 0.15) is 23.1 Å². The van der Waals surface area contributed by atoms with E-state index in [9.17, 15) is 18.4 Å². The van der Waals surface area contributed by atoms with Crippen molar-refractivity contribution in [1.82, 2.24) is 30.2 Å². The molecule has 72 heavy (non-hydrogen) atoms. The van der Waals surface area contributed by atoms with Gasteiger partial charge in [-0.3, -0.25) is 34.4 Å². The minimum absolute atomic E-state index is 0.132. The second kappa shape index (κ2) is 23.9. The summed E-state index contributed by atoms with van der Waals surface area (Å²) < 4.78 is 43.3. The molecular formula is C58H60F2N6O4S2. The van der Waals surface area contributed by atoms with E-state index in [4.69, 9.17) is 14.5 Å². The average molecular weight is 1010 g/mol. The van der Waals surface area contributed by atoms with E-state index < -0.39 is 11.6 Å². The lowest BCUT2D eigenvalue weighted by Gasteiger charge is -2.19. The Kier molecular flexibility index (Phi) is 16.8. The highest BCUT2D eigenvalue weighted by Gasteiger charge is 2.26. The predicted molar refractivity (Wildman–Crippen MR) is 284 cm³/mol. The largest absolute Gasteiger partial charge is 0.453 e. The number of fused-ring (bicyclic) bond motifs is 2. The van der Waals surface area contributed by atoms with Crippen LogP contribution in [0.25, 0.3) is 41.6 Å². The SMILES string of the molecule is CCCN(CC)Cc1ccc(-c2cc3nccc(Oc4ccc(CC(=O)CC5CC5)cc4F)c3s2)nc1.CCCNCc1ccc(-c2cc3nccc(Oc4ccc(CC(=O)CC5CC5)cc4F)c3s2)nc1. The molecule has 0 atom stereocenters. The fourth-order valence-electron chi connectivity index (χ4n) is 8.51. The van der Waals surface area contributed by atoms with Crippen LogP contribution in [0.3, 0.4) is 0 Å². The Morgan fingerprint density at radius 1 is 0.611 bits per heavy atom. The highest BCUT2D eigenvalue weighted by molar-refractivity contribution is 7.22. The number of halogens is 2. The Morgan fingerprint density at radius 2 is 1.11 bits per heavy atom. The van der Waals surface area contributed by atoms with E-state index in [0.29, 0.717) is 47.3 Å². The minimum Gasteiger partial charge on any atom is -0.453 e. The van der Waals surface area contributed by atoms with Crippen molar-refractivity contribution < 1.29 is 27.8 Å². The Hall–Kier alpha value is -6.32. The van der Waals surface area contributed by atoms with E-state index in [0.717, 1.165) is 118 Å². The predicted octanol–water partition coefficient (Wildman–Crippen LogP) is 14.1. The number of ketones is 2. The Balaban J connectivity index is 0.000000178. The van der Waals surface area contributed by atoms with Gasteiger partial charge in [0.15, 0.2) is 23.1 Å². The number of Topliss-reactive ketones (excluding diaryl/α,β-unsaturated/α-hetero) is 2. The van der Waals surface area contributed by atoms with Gasteiger partial charge in [0.05, 0.1) is 41.6 Å². The number of thiophene rings is 2. The summed E-state index contributed by atoms with van der Waals surface area (Å²) in [7, 11) is 0. The number of carbonyl (C=O) groups is 2. The highest BCUT2D eigenvalue weighted by Crippen LogP contribution is 2.41. The Bertz CT molecular complexity index is 3130. The van der Waals surface area contributed by atoms with Crippen molar-refractivity contribution in [2.45, 2.75) is 98.1 Å². The first-order chi connectivity index (χ1) is 35.1. The number of carbonyl (C=O) groups excluding carboxylic acids is 2. The lowest BCUT2D eigenvalue weighted by molar-refractivity contribution is -0.119. The summed E-state index contributed by atoms with van der Waals surface area (Å²) in [5.41, 5.74) is 6.99. The molecule has 372 valence electrons. The standard InChI is InChI=1S/C30H32FN3O2S.C28H28FN3O2S/c1-3-13-34(4-2)19-22-7-9-25(33-18-22)29-17-26-30(37-29)28(11-12-32-26)36-27-10-8-21(16-24(27)31)15-23(35)14-20-5-6-20;1-2-10-30-16-20-5-7-23(32-17-20)27-15-24-28(35-27)26(9-11-31-24)34-25-8-6-19(14-22(25)29)13-21(33)12-18-3-4-18/h7-12,16-18,20H,3-6,13-15,19H2,1-2H3;5-9,11,14-15,17-18,30H,2-4,10,12-13,16H2,1H3. The van der Waals surface area contributed by atoms with Crippen molar-refractivity contribution in [1.29, 1.82) is 0 Å². The molecule has 0 bridgehead atoms. The van der Waals surface area contributed by atoms with Crippen LogP contribution in [-0.2, 0) is 35.5 Å². The first-order valence-corrected chi connectivity index (χ1v) is 26.8. The molecule has 6 heterocycles. The molecule has 8 aromatic rings. The summed E-state index contributed by atoms with van der Waals surface area (Å²) >= 11 is 3.05. The molecular weight excluding hydrogens is 947 g/mol. The highest BCUT2D eigenvalue weighted by atomic mass is 32.1. The molecule has 2 aliphatic carbocycles. The monoisotopic (exact) mass is 1010 g/mol. The van der Waals surface area contributed by atoms with Crippen LogP contribution in [0.5, 0.6) is 23.0 Å². The molecule has 1 N–H and O–H groups in total. The van der Waals surface area contributed by atoms with Crippen molar-refractivity contribution in [3.05, 3.63) is 144 Å². The van der Waals surface area contributed by atoms with Gasteiger partial charge in [-0.25, -0.2) is 8.78 Å². The number of nitrogens with one attached hydrogen (secondary N) is 1. The summed E-state index contributed by atoms with van der Waals surface area (Å²) in [6.07, 6.45) is 15.7. The molecule has 2 fully saturated rings. The van der Waals surface area contributed by atoms with Gasteiger partial charge in [-0.05, 0) is 141 Å². The van der Waals surface area contributed by atoms with Gasteiger partial charge in [0.25, 0.3) is 0 Å². The second-order valence-corrected chi connectivity index (χ2v) is 21.0. The molecule has 10 nitrogen and oxygen atoms in total. The Morgan fingerprint density at radius 3 is 1.54 bits per heavy atom. The summed E-state index contributed by atoms with van der Waals surface area (Å²) in [4.78, 5) is 46.9. The maximum atomic E-state index is 14.9. The van der Waals surface area contributed by atoms with E-state index in [1.807, 2.05) is 36.7 Å². The van der Waals surface area contributed by atoms with E-state index in [1.165, 1.54) is 40.4 Å². The minimum atomic E-state index is -0.475. The molecule has 2 aromatic carbocycles. The van der Waals surface area contributed by atoms with Crippen molar-refractivity contribution in [3.8, 4) is 44.1 Å². The van der Waals surface area contributed by atoms with Crippen molar-refractivity contribution in [2.24, 2.45) is 11.8 Å². The number of hydrogen-bond donors (Lipinski definition) is 1. The molecule has 2 aliphatic rings. The number of rotatable bonds is 23. The average Bonchev–Trinajstić information content (AvgIpc) is 4.29. The molecule has 0 spiro atoms. The Labute approximate surface area is 427 Å². The molecule has 0 radical (unpaired) electrons. The van der Waals surface area contributed by atoms with Crippen molar-refractivity contribution in [3.63, 3.8) is 0 Å². The van der Waals surface area contributed by atoms with Gasteiger partial charge in [0.2, 0.25) is 0 Å². The molecule has 0 aliphatic heterocycles. The number of aromatic nitrogens is 4. The topological polar surface area (TPSA) is 119 Å². The van der Waals surface area contributed by atoms with Gasteiger partial charge >= 0.3 is 0 Å². The van der Waals surface area contributed by atoms with Gasteiger partial charge in [-0.2, -0.15) is 0 Å². The molecule has 6 aromatic heterocycles. The molecule has 0 saturated heterocycles. The zero-order valence-corrected chi connectivity index (χ0v) is 42.7. The maximum absolute atomic E-state index is 14.9. The van der Waals surface area contributed by atoms with Crippen LogP contribution in [-0.4, -0.2) is 56.0 Å². The van der Waals surface area contributed by atoms with Gasteiger partial charge in [-0.1, -0.05) is 45.0 Å². The zero-order valence-electron chi connectivity index (χ0n) is 41.1. The number of pyridine rings is 4. The van der Waals surface area contributed by atoms with Crippen LogP contribution >= 0.6 is 22.7 Å². The van der Waals surface area contributed by atoms with Crippen LogP contribution in [0, 0.1) is 23.5 Å². The molecule has 10 rings (SSSR count). The smallest absolute Gasteiger partial charge is 0.166 e. The number of nitrogens with zero attached hydrogens (tertiary/aromatic N) is 5. The molecule has 0 amide bonds. The van der Waals surface area contributed by atoms with Crippen molar-refractivity contribution >= 4 is 54.7 Å². The molecule has 0 unspecified atom stereocenters. The van der Waals surface area contributed by atoms with Crippen LogP contribution in [0.15, 0.2) is 110 Å². The fraction of sp³-hybridized carbons (Fsp3) is 0.345. The zero-order chi connectivity index (χ0) is 50.0. The van der Waals surface area contributed by atoms with E-state index in [2.05, 4.69) is 58.1 Å². The third kappa shape index (κ3) is 13.6. The number of hydrogen-bond acceptors (Lipinski definition) is 12. The second-order valence-electron chi connectivity index (χ2n) is 18.9. The summed E-state index contributed by atoms with van der Waals surface area (Å²) in [6.45, 7) is 11.3. The summed E-state index contributed by atoms with van der Waals surface area (Å²) in [6, 6.07) is 25.3. The number of ether oxygens (including phenoxy) is 2. The van der Waals surface area contributed by atoms with Gasteiger partial charge in [-0.15, -0.1) is 22.7 Å². The summed E-state index contributed by atoms with van der Waals surface area (Å²) in [5, 5.41) is 3.38. The van der Waals surface area contributed by atoms with Crippen LogP contribution in [0.1, 0.15) is 94.4 Å². The van der Waals surface area contributed by atoms with E-state index in [-0.39, 0.29) is 35.9 Å². The van der Waals surface area contributed by atoms with Crippen LogP contribution < -0.4 is 14.8 Å². The lowest BCUT2D eigenvalue weighted by atomic mass is 10.0. The molecule has 14 heteroatoms.